The lowest BCUT2D eigenvalue weighted by atomic mass is 9.75. The highest BCUT2D eigenvalue weighted by Gasteiger charge is 2.34. The number of aldehydes is 1. The SMILES string of the molecule is O=CC1CNCC(COCCN2CCOCC2)C1c1ccc(OCCCOCc2ccccc2)cc1. The summed E-state index contributed by atoms with van der Waals surface area (Å²) in [6.45, 7) is 9.29. The molecule has 36 heavy (non-hydrogen) atoms. The minimum absolute atomic E-state index is 0.0554. The number of carbonyl (C=O) groups is 1. The van der Waals surface area contributed by atoms with E-state index in [4.69, 9.17) is 18.9 Å². The monoisotopic (exact) mass is 496 g/mol. The summed E-state index contributed by atoms with van der Waals surface area (Å²) >= 11 is 0. The van der Waals surface area contributed by atoms with Crippen LogP contribution < -0.4 is 10.1 Å². The Hall–Kier alpha value is -2.29. The molecule has 0 radical (unpaired) electrons. The standard InChI is InChI=1S/C29H40N2O5/c32-21-26-19-30-20-27(23-35-18-13-31-11-16-33-17-12-31)29(26)25-7-9-28(10-8-25)36-15-4-14-34-22-24-5-2-1-3-6-24/h1-3,5-10,21,26-27,29-30H,4,11-20,22-23H2. The van der Waals surface area contributed by atoms with Gasteiger partial charge in [0.05, 0.1) is 46.2 Å². The zero-order valence-corrected chi connectivity index (χ0v) is 21.2. The number of ether oxygens (including phenoxy) is 4. The van der Waals surface area contributed by atoms with Crippen molar-refractivity contribution in [3.8, 4) is 5.75 Å². The van der Waals surface area contributed by atoms with Crippen molar-refractivity contribution in [3.05, 3.63) is 65.7 Å². The van der Waals surface area contributed by atoms with Crippen LogP contribution in [0, 0.1) is 11.8 Å². The average Bonchev–Trinajstić information content (AvgIpc) is 2.94. The smallest absolute Gasteiger partial charge is 0.124 e. The fourth-order valence-corrected chi connectivity index (χ4v) is 5.01. The Morgan fingerprint density at radius 1 is 0.944 bits per heavy atom. The van der Waals surface area contributed by atoms with Crippen LogP contribution in [0.5, 0.6) is 5.75 Å². The topological polar surface area (TPSA) is 69.3 Å². The molecule has 2 aromatic rings. The van der Waals surface area contributed by atoms with Gasteiger partial charge in [0.25, 0.3) is 0 Å². The molecule has 0 aliphatic carbocycles. The molecule has 196 valence electrons. The average molecular weight is 497 g/mol. The van der Waals surface area contributed by atoms with Crippen LogP contribution in [0.2, 0.25) is 0 Å². The molecule has 2 saturated heterocycles. The van der Waals surface area contributed by atoms with E-state index in [1.807, 2.05) is 30.3 Å². The summed E-state index contributed by atoms with van der Waals surface area (Å²) in [7, 11) is 0. The number of nitrogens with zero attached hydrogens (tertiary/aromatic N) is 1. The van der Waals surface area contributed by atoms with Crippen LogP contribution in [0.4, 0.5) is 0 Å². The lowest BCUT2D eigenvalue weighted by Crippen LogP contribution is -2.45. The van der Waals surface area contributed by atoms with Gasteiger partial charge in [-0.05, 0) is 23.3 Å². The predicted octanol–water partition coefficient (Wildman–Crippen LogP) is 3.14. The summed E-state index contributed by atoms with van der Waals surface area (Å²) < 4.78 is 23.1. The zero-order valence-electron chi connectivity index (χ0n) is 21.2. The maximum absolute atomic E-state index is 11.9. The molecule has 0 aromatic heterocycles. The van der Waals surface area contributed by atoms with E-state index < -0.39 is 0 Å². The van der Waals surface area contributed by atoms with Crippen LogP contribution in [0.3, 0.4) is 0 Å². The molecule has 1 N–H and O–H groups in total. The third-order valence-corrected chi connectivity index (χ3v) is 7.00. The first kappa shape index (κ1) is 26.8. The molecule has 2 fully saturated rings. The molecule has 7 nitrogen and oxygen atoms in total. The van der Waals surface area contributed by atoms with E-state index in [1.54, 1.807) is 0 Å². The Kier molecular flexibility index (Phi) is 11.2. The van der Waals surface area contributed by atoms with Crippen LogP contribution >= 0.6 is 0 Å². The van der Waals surface area contributed by atoms with Crippen molar-refractivity contribution in [1.82, 2.24) is 10.2 Å². The van der Waals surface area contributed by atoms with Crippen LogP contribution in [0.15, 0.2) is 54.6 Å². The minimum atomic E-state index is -0.0554. The second-order valence-corrected chi connectivity index (χ2v) is 9.58. The number of nitrogens with one attached hydrogen (secondary N) is 1. The van der Waals surface area contributed by atoms with Gasteiger partial charge in [0.1, 0.15) is 12.0 Å². The largest absolute Gasteiger partial charge is 0.494 e. The highest BCUT2D eigenvalue weighted by atomic mass is 16.5. The van der Waals surface area contributed by atoms with Crippen LogP contribution in [0.1, 0.15) is 23.5 Å². The normalized spacial score (nSPS) is 22.8. The first-order valence-electron chi connectivity index (χ1n) is 13.2. The number of benzene rings is 2. The molecule has 0 saturated carbocycles. The van der Waals surface area contributed by atoms with Gasteiger partial charge in [0, 0.05) is 56.9 Å². The van der Waals surface area contributed by atoms with E-state index in [0.717, 1.165) is 57.8 Å². The summed E-state index contributed by atoms with van der Waals surface area (Å²) in [5, 5.41) is 3.42. The van der Waals surface area contributed by atoms with E-state index in [2.05, 4.69) is 34.5 Å². The summed E-state index contributed by atoms with van der Waals surface area (Å²) in [4.78, 5) is 14.3. The van der Waals surface area contributed by atoms with E-state index in [-0.39, 0.29) is 17.8 Å². The van der Waals surface area contributed by atoms with Gasteiger partial charge in [-0.3, -0.25) is 4.90 Å². The number of carbonyl (C=O) groups excluding carboxylic acids is 1. The second kappa shape index (κ2) is 15.1. The highest BCUT2D eigenvalue weighted by Crippen LogP contribution is 2.35. The van der Waals surface area contributed by atoms with E-state index >= 15 is 0 Å². The molecule has 4 rings (SSSR count). The first-order chi connectivity index (χ1) is 17.8. The molecular weight excluding hydrogens is 456 g/mol. The fourth-order valence-electron chi connectivity index (χ4n) is 5.01. The second-order valence-electron chi connectivity index (χ2n) is 9.58. The zero-order chi connectivity index (χ0) is 24.8. The van der Waals surface area contributed by atoms with Crippen molar-refractivity contribution >= 4 is 6.29 Å². The van der Waals surface area contributed by atoms with Gasteiger partial charge < -0.3 is 29.1 Å². The lowest BCUT2D eigenvalue weighted by molar-refractivity contribution is -0.113. The van der Waals surface area contributed by atoms with Gasteiger partial charge in [0.2, 0.25) is 0 Å². The third kappa shape index (κ3) is 8.39. The number of rotatable bonds is 14. The number of piperidine rings is 1. The molecule has 3 unspecified atom stereocenters. The highest BCUT2D eigenvalue weighted by molar-refractivity contribution is 5.57. The Morgan fingerprint density at radius 2 is 1.75 bits per heavy atom. The molecular formula is C29H40N2O5. The van der Waals surface area contributed by atoms with Gasteiger partial charge in [-0.25, -0.2) is 0 Å². The Balaban J connectivity index is 1.20. The van der Waals surface area contributed by atoms with Gasteiger partial charge in [-0.2, -0.15) is 0 Å². The first-order valence-corrected chi connectivity index (χ1v) is 13.2. The molecule has 2 aliphatic heterocycles. The molecule has 0 bridgehead atoms. The van der Waals surface area contributed by atoms with Crippen molar-refractivity contribution in [2.24, 2.45) is 11.8 Å². The maximum Gasteiger partial charge on any atom is 0.124 e. The molecule has 2 aromatic carbocycles. The Bertz CT molecular complexity index is 873. The van der Waals surface area contributed by atoms with Crippen molar-refractivity contribution in [2.75, 3.05) is 72.4 Å². The molecule has 7 heteroatoms. The van der Waals surface area contributed by atoms with Gasteiger partial charge in [0.15, 0.2) is 0 Å². The van der Waals surface area contributed by atoms with E-state index in [1.165, 1.54) is 11.1 Å². The van der Waals surface area contributed by atoms with Crippen LogP contribution in [-0.4, -0.2) is 83.6 Å². The lowest BCUT2D eigenvalue weighted by Gasteiger charge is -2.37. The minimum Gasteiger partial charge on any atom is -0.494 e. The summed E-state index contributed by atoms with van der Waals surface area (Å²) in [5.41, 5.74) is 2.36. The van der Waals surface area contributed by atoms with E-state index in [0.29, 0.717) is 39.6 Å². The molecule has 2 heterocycles. The molecule has 2 aliphatic rings. The summed E-state index contributed by atoms with van der Waals surface area (Å²) in [6, 6.07) is 18.4. The predicted molar refractivity (Wildman–Crippen MR) is 139 cm³/mol. The van der Waals surface area contributed by atoms with Gasteiger partial charge >= 0.3 is 0 Å². The summed E-state index contributed by atoms with van der Waals surface area (Å²) in [5.74, 6) is 1.19. The van der Waals surface area contributed by atoms with Crippen LogP contribution in [0.25, 0.3) is 0 Å². The fraction of sp³-hybridized carbons (Fsp3) is 0.552. The van der Waals surface area contributed by atoms with Crippen LogP contribution in [-0.2, 0) is 25.6 Å². The van der Waals surface area contributed by atoms with Gasteiger partial charge in [-0.15, -0.1) is 0 Å². The number of hydrogen-bond donors (Lipinski definition) is 1. The molecule has 3 atom stereocenters. The molecule has 0 spiro atoms. The maximum atomic E-state index is 11.9. The van der Waals surface area contributed by atoms with Crippen molar-refractivity contribution in [1.29, 1.82) is 0 Å². The van der Waals surface area contributed by atoms with Crippen molar-refractivity contribution in [2.45, 2.75) is 18.9 Å². The Morgan fingerprint density at radius 3 is 2.53 bits per heavy atom. The quantitative estimate of drug-likeness (QED) is 0.318. The third-order valence-electron chi connectivity index (χ3n) is 7.00. The number of hydrogen-bond acceptors (Lipinski definition) is 7. The van der Waals surface area contributed by atoms with Crippen molar-refractivity contribution in [3.63, 3.8) is 0 Å². The molecule has 0 amide bonds. The summed E-state index contributed by atoms with van der Waals surface area (Å²) in [6.07, 6.45) is 1.93. The van der Waals surface area contributed by atoms with E-state index in [9.17, 15) is 4.79 Å². The number of morpholine rings is 1. The van der Waals surface area contributed by atoms with Gasteiger partial charge in [-0.1, -0.05) is 42.5 Å². The van der Waals surface area contributed by atoms with Crippen molar-refractivity contribution < 1.29 is 23.7 Å². The Labute approximate surface area is 215 Å².